The van der Waals surface area contributed by atoms with E-state index in [1.165, 1.54) is 0 Å². The van der Waals surface area contributed by atoms with Gasteiger partial charge in [0, 0.05) is 36.4 Å². The second-order valence-corrected chi connectivity index (χ2v) is 4.90. The van der Waals surface area contributed by atoms with E-state index >= 15 is 0 Å². The predicted molar refractivity (Wildman–Crippen MR) is 80.2 cm³/mol. The Morgan fingerprint density at radius 3 is 2.45 bits per heavy atom. The Morgan fingerprint density at radius 2 is 1.95 bits per heavy atom. The lowest BCUT2D eigenvalue weighted by molar-refractivity contribution is 0.398. The molecule has 1 N–H and O–H groups in total. The smallest absolute Gasteiger partial charge is 0.212 e. The van der Waals surface area contributed by atoms with Gasteiger partial charge in [0.1, 0.15) is 11.6 Å². The number of nitrogens with one attached hydrogen (secondary N) is 1. The van der Waals surface area contributed by atoms with Crippen molar-refractivity contribution in [1.82, 2.24) is 15.0 Å². The molecule has 0 radical (unpaired) electrons. The van der Waals surface area contributed by atoms with Crippen molar-refractivity contribution in [2.45, 2.75) is 26.7 Å². The largest absolute Gasteiger partial charge is 0.481 e. The van der Waals surface area contributed by atoms with E-state index in [-0.39, 0.29) is 5.92 Å². The molecule has 106 valence electrons. The number of methoxy groups -OCH3 is 1. The van der Waals surface area contributed by atoms with Crippen LogP contribution in [0.4, 0.5) is 5.82 Å². The lowest BCUT2D eigenvalue weighted by Gasteiger charge is -2.14. The molecule has 2 aromatic heterocycles. The zero-order valence-electron chi connectivity index (χ0n) is 12.6. The van der Waals surface area contributed by atoms with Crippen LogP contribution in [-0.2, 0) is 0 Å². The summed E-state index contributed by atoms with van der Waals surface area (Å²) in [5, 5.41) is 3.13. The Hall–Kier alpha value is -2.17. The molecule has 0 saturated heterocycles. The molecule has 5 heteroatoms. The molecule has 0 atom stereocenters. The molecular weight excluding hydrogens is 252 g/mol. The van der Waals surface area contributed by atoms with E-state index in [1.54, 1.807) is 13.3 Å². The van der Waals surface area contributed by atoms with Gasteiger partial charge in [0.05, 0.1) is 12.8 Å². The predicted octanol–water partition coefficient (Wildman–Crippen LogP) is 3.02. The lowest BCUT2D eigenvalue weighted by atomic mass is 10.1. The third-order valence-electron chi connectivity index (χ3n) is 3.14. The Kier molecular flexibility index (Phi) is 4.17. The normalized spacial score (nSPS) is 10.7. The molecule has 0 amide bonds. The molecular formula is C15H20N4O. The highest BCUT2D eigenvalue weighted by atomic mass is 16.5. The van der Waals surface area contributed by atoms with Crippen LogP contribution in [0.25, 0.3) is 11.3 Å². The van der Waals surface area contributed by atoms with Gasteiger partial charge < -0.3 is 10.1 Å². The molecule has 0 aliphatic heterocycles. The highest BCUT2D eigenvalue weighted by Gasteiger charge is 2.14. The van der Waals surface area contributed by atoms with Gasteiger partial charge in [-0.1, -0.05) is 13.8 Å². The number of rotatable bonds is 4. The minimum atomic E-state index is 0.271. The lowest BCUT2D eigenvalue weighted by Crippen LogP contribution is -2.06. The summed E-state index contributed by atoms with van der Waals surface area (Å²) < 4.78 is 5.09. The standard InChI is InChI=1S/C15H20N4O/c1-9(2)14-18-13(10(3)15(16-4)19-14)11-6-7-12(20-5)17-8-11/h6-9H,1-5H3,(H,16,18,19). The molecule has 0 aliphatic rings. The van der Waals surface area contributed by atoms with Gasteiger partial charge in [0.15, 0.2) is 0 Å². The van der Waals surface area contributed by atoms with Crippen LogP contribution in [0.1, 0.15) is 31.2 Å². The van der Waals surface area contributed by atoms with Gasteiger partial charge in [0.25, 0.3) is 0 Å². The van der Waals surface area contributed by atoms with Crippen LogP contribution >= 0.6 is 0 Å². The fraction of sp³-hybridized carbons (Fsp3) is 0.400. The molecule has 0 saturated carbocycles. The summed E-state index contributed by atoms with van der Waals surface area (Å²) in [5.74, 6) is 2.55. The third kappa shape index (κ3) is 2.71. The van der Waals surface area contributed by atoms with Crippen molar-refractivity contribution in [2.75, 3.05) is 19.5 Å². The number of anilines is 1. The Bertz CT molecular complexity index is 594. The van der Waals surface area contributed by atoms with Crippen LogP contribution < -0.4 is 10.1 Å². The van der Waals surface area contributed by atoms with Crippen molar-refractivity contribution in [3.8, 4) is 17.1 Å². The van der Waals surface area contributed by atoms with E-state index in [9.17, 15) is 0 Å². The van der Waals surface area contributed by atoms with Crippen molar-refractivity contribution in [3.63, 3.8) is 0 Å². The average molecular weight is 272 g/mol. The zero-order chi connectivity index (χ0) is 14.7. The van der Waals surface area contributed by atoms with Crippen LogP contribution in [0.15, 0.2) is 18.3 Å². The quantitative estimate of drug-likeness (QED) is 0.927. The van der Waals surface area contributed by atoms with E-state index in [0.29, 0.717) is 5.88 Å². The van der Waals surface area contributed by atoms with Crippen LogP contribution in [0, 0.1) is 6.92 Å². The van der Waals surface area contributed by atoms with Crippen molar-refractivity contribution in [1.29, 1.82) is 0 Å². The van der Waals surface area contributed by atoms with Crippen LogP contribution in [-0.4, -0.2) is 29.1 Å². The van der Waals surface area contributed by atoms with E-state index in [1.807, 2.05) is 26.1 Å². The number of nitrogens with zero attached hydrogens (tertiary/aromatic N) is 3. The molecule has 2 heterocycles. The fourth-order valence-electron chi connectivity index (χ4n) is 1.96. The second-order valence-electron chi connectivity index (χ2n) is 4.90. The van der Waals surface area contributed by atoms with Crippen LogP contribution in [0.5, 0.6) is 5.88 Å². The summed E-state index contributed by atoms with van der Waals surface area (Å²) in [6, 6.07) is 3.80. The van der Waals surface area contributed by atoms with Crippen molar-refractivity contribution >= 4 is 5.82 Å². The van der Waals surface area contributed by atoms with E-state index in [2.05, 4.69) is 34.1 Å². The highest BCUT2D eigenvalue weighted by Crippen LogP contribution is 2.27. The van der Waals surface area contributed by atoms with Gasteiger partial charge in [-0.05, 0) is 13.0 Å². The minimum absolute atomic E-state index is 0.271. The first-order valence-electron chi connectivity index (χ1n) is 6.63. The molecule has 2 aromatic rings. The van der Waals surface area contributed by atoms with Gasteiger partial charge in [-0.15, -0.1) is 0 Å². The molecule has 0 aromatic carbocycles. The van der Waals surface area contributed by atoms with Crippen LogP contribution in [0.2, 0.25) is 0 Å². The van der Waals surface area contributed by atoms with E-state index in [0.717, 1.165) is 28.5 Å². The summed E-state index contributed by atoms with van der Waals surface area (Å²) in [6.07, 6.45) is 1.78. The molecule has 0 spiro atoms. The molecule has 0 bridgehead atoms. The zero-order valence-corrected chi connectivity index (χ0v) is 12.6. The summed E-state index contributed by atoms with van der Waals surface area (Å²) in [7, 11) is 3.48. The average Bonchev–Trinajstić information content (AvgIpc) is 2.47. The molecule has 0 unspecified atom stereocenters. The molecule has 0 aliphatic carbocycles. The summed E-state index contributed by atoms with van der Waals surface area (Å²) in [6.45, 7) is 6.18. The minimum Gasteiger partial charge on any atom is -0.481 e. The molecule has 0 fully saturated rings. The Balaban J connectivity index is 2.55. The molecule has 5 nitrogen and oxygen atoms in total. The van der Waals surface area contributed by atoms with Crippen molar-refractivity contribution < 1.29 is 4.74 Å². The first kappa shape index (κ1) is 14.2. The molecule has 20 heavy (non-hydrogen) atoms. The van der Waals surface area contributed by atoms with Gasteiger partial charge >= 0.3 is 0 Å². The Morgan fingerprint density at radius 1 is 1.20 bits per heavy atom. The monoisotopic (exact) mass is 272 g/mol. The summed E-state index contributed by atoms with van der Waals surface area (Å²) in [4.78, 5) is 13.5. The second kappa shape index (κ2) is 5.86. The summed E-state index contributed by atoms with van der Waals surface area (Å²) >= 11 is 0. The van der Waals surface area contributed by atoms with Gasteiger partial charge in [-0.3, -0.25) is 0 Å². The maximum absolute atomic E-state index is 5.09. The number of ether oxygens (including phenoxy) is 1. The van der Waals surface area contributed by atoms with Crippen molar-refractivity contribution in [3.05, 3.63) is 29.7 Å². The molecule has 2 rings (SSSR count). The van der Waals surface area contributed by atoms with E-state index < -0.39 is 0 Å². The Labute approximate surface area is 119 Å². The van der Waals surface area contributed by atoms with Gasteiger partial charge in [-0.2, -0.15) is 0 Å². The van der Waals surface area contributed by atoms with Crippen LogP contribution in [0.3, 0.4) is 0 Å². The third-order valence-corrected chi connectivity index (χ3v) is 3.14. The van der Waals surface area contributed by atoms with E-state index in [4.69, 9.17) is 4.74 Å². The maximum Gasteiger partial charge on any atom is 0.212 e. The highest BCUT2D eigenvalue weighted by molar-refractivity contribution is 5.67. The number of hydrogen-bond acceptors (Lipinski definition) is 5. The fourth-order valence-corrected chi connectivity index (χ4v) is 1.96. The van der Waals surface area contributed by atoms with Gasteiger partial charge in [0.2, 0.25) is 5.88 Å². The maximum atomic E-state index is 5.09. The number of pyridine rings is 1. The first-order valence-corrected chi connectivity index (χ1v) is 6.63. The summed E-state index contributed by atoms with van der Waals surface area (Å²) in [5.41, 5.74) is 2.89. The van der Waals surface area contributed by atoms with Gasteiger partial charge in [-0.25, -0.2) is 15.0 Å². The topological polar surface area (TPSA) is 59.9 Å². The first-order chi connectivity index (χ1) is 9.56. The van der Waals surface area contributed by atoms with Crippen molar-refractivity contribution in [2.24, 2.45) is 0 Å². The SMILES string of the molecule is CNc1nc(C(C)C)nc(-c2ccc(OC)nc2)c1C. The number of aromatic nitrogens is 3. The number of hydrogen-bond donors (Lipinski definition) is 1.